The summed E-state index contributed by atoms with van der Waals surface area (Å²) in [5, 5.41) is 8.16. The van der Waals surface area contributed by atoms with E-state index in [0.717, 1.165) is 36.0 Å². The van der Waals surface area contributed by atoms with Crippen LogP contribution in [-0.4, -0.2) is 87.8 Å². The van der Waals surface area contributed by atoms with Crippen LogP contribution < -0.4 is 20.7 Å². The van der Waals surface area contributed by atoms with Crippen molar-refractivity contribution in [2.45, 2.75) is 123 Å². The lowest BCUT2D eigenvalue weighted by molar-refractivity contribution is -0.156. The van der Waals surface area contributed by atoms with Crippen LogP contribution in [0.1, 0.15) is 96.0 Å². The lowest BCUT2D eigenvalue weighted by Gasteiger charge is -2.34. The molecule has 1 saturated heterocycles. The number of piperidine rings is 1. The average Bonchev–Trinajstić information content (AvgIpc) is 3.18. The molecule has 1 aliphatic heterocycles. The highest BCUT2D eigenvalue weighted by molar-refractivity contribution is 5.93. The molecular formula is C44H60N6O9. The van der Waals surface area contributed by atoms with Gasteiger partial charge in [-0.2, -0.15) is 0 Å². The number of carbonyl (C=O) groups is 5. The van der Waals surface area contributed by atoms with Crippen molar-refractivity contribution < 1.29 is 42.9 Å². The summed E-state index contributed by atoms with van der Waals surface area (Å²) in [4.78, 5) is 76.2. The largest absolute Gasteiger partial charge is 0.494 e. The van der Waals surface area contributed by atoms with Gasteiger partial charge in [0.15, 0.2) is 0 Å². The molecular weight excluding hydrogens is 757 g/mol. The van der Waals surface area contributed by atoms with Crippen LogP contribution in [-0.2, 0) is 48.2 Å². The molecule has 3 N–H and O–H groups in total. The summed E-state index contributed by atoms with van der Waals surface area (Å²) < 4.78 is 22.5. The van der Waals surface area contributed by atoms with Gasteiger partial charge < -0.3 is 39.8 Å². The van der Waals surface area contributed by atoms with Crippen molar-refractivity contribution >= 4 is 30.0 Å². The third-order valence-electron chi connectivity index (χ3n) is 9.29. The van der Waals surface area contributed by atoms with Crippen molar-refractivity contribution in [1.29, 1.82) is 0 Å². The number of alkyl carbamates (subject to hydrolysis) is 1. The maximum absolute atomic E-state index is 13.8. The van der Waals surface area contributed by atoms with Crippen LogP contribution in [0.2, 0.25) is 0 Å². The van der Waals surface area contributed by atoms with E-state index in [4.69, 9.17) is 18.9 Å². The summed E-state index contributed by atoms with van der Waals surface area (Å²) in [5.41, 5.74) is 1.69. The molecule has 2 unspecified atom stereocenters. The average molecular weight is 817 g/mol. The second-order valence-corrected chi connectivity index (χ2v) is 16.7. The van der Waals surface area contributed by atoms with E-state index in [1.165, 1.54) is 12.4 Å². The Morgan fingerprint density at radius 1 is 0.898 bits per heavy atom. The third-order valence-corrected chi connectivity index (χ3v) is 9.29. The quantitative estimate of drug-likeness (QED) is 0.108. The number of likely N-dealkylation sites (tertiary alicyclic amines) is 1. The topological polar surface area (TPSA) is 187 Å². The minimum absolute atomic E-state index is 0.0582. The van der Waals surface area contributed by atoms with E-state index in [9.17, 15) is 24.0 Å². The second-order valence-electron chi connectivity index (χ2n) is 16.7. The number of benzene rings is 2. The number of hydrogen-bond donors (Lipinski definition) is 3. The van der Waals surface area contributed by atoms with Crippen LogP contribution in [0.25, 0.3) is 0 Å². The predicted octanol–water partition coefficient (Wildman–Crippen LogP) is 5.96. The Morgan fingerprint density at radius 3 is 2.34 bits per heavy atom. The second kappa shape index (κ2) is 21.9. The lowest BCUT2D eigenvalue weighted by atomic mass is 9.95. The van der Waals surface area contributed by atoms with Crippen molar-refractivity contribution in [1.82, 2.24) is 30.8 Å². The molecule has 2 aromatic carbocycles. The molecule has 1 aliphatic rings. The number of esters is 1. The minimum Gasteiger partial charge on any atom is -0.494 e. The molecule has 0 aliphatic carbocycles. The standard InChI is InChI=1S/C44H60N6O9/c1-30-15-17-35(56-23-19-31-14-11-22-50(28-31)42(55)59-44(5,6)7)24-33(30)26-47-39(52)36(18-16-34-27-45-20-21-46-34)48-40(53)37(25-38(51)58-43(2,3)4)49-41(54)57-29-32-12-9-8-10-13-32/h8-10,12-13,15,17,20-21,24,27,31,36-37H,11,14,16,18-19,22-23,25-26,28-29H2,1-7H3,(H,47,52)(H,48,53)(H,49,54)/t31?,36?,37-/m0/s1. The van der Waals surface area contributed by atoms with Gasteiger partial charge in [-0.25, -0.2) is 9.59 Å². The van der Waals surface area contributed by atoms with Gasteiger partial charge in [0.2, 0.25) is 11.8 Å². The number of nitrogens with zero attached hydrogens (tertiary/aromatic N) is 3. The van der Waals surface area contributed by atoms with Crippen LogP contribution in [0, 0.1) is 12.8 Å². The first-order valence-corrected chi connectivity index (χ1v) is 20.2. The zero-order valence-corrected chi connectivity index (χ0v) is 35.4. The lowest BCUT2D eigenvalue weighted by Crippen LogP contribution is -2.54. The molecule has 0 saturated carbocycles. The Kier molecular flexibility index (Phi) is 17.0. The highest BCUT2D eigenvalue weighted by atomic mass is 16.6. The van der Waals surface area contributed by atoms with Gasteiger partial charge in [0.05, 0.1) is 18.7 Å². The van der Waals surface area contributed by atoms with Gasteiger partial charge in [-0.15, -0.1) is 0 Å². The van der Waals surface area contributed by atoms with Gasteiger partial charge >= 0.3 is 18.2 Å². The Bertz CT molecular complexity index is 1850. The predicted molar refractivity (Wildman–Crippen MR) is 220 cm³/mol. The minimum atomic E-state index is -1.41. The van der Waals surface area contributed by atoms with E-state index in [1.807, 2.05) is 52.0 Å². The molecule has 15 heteroatoms. The summed E-state index contributed by atoms with van der Waals surface area (Å²) in [6.45, 7) is 14.4. The smallest absolute Gasteiger partial charge is 0.410 e. The summed E-state index contributed by atoms with van der Waals surface area (Å²) in [6.07, 6.45) is 6.05. The number of carbonyl (C=O) groups excluding carboxylic acids is 5. The zero-order valence-electron chi connectivity index (χ0n) is 35.4. The molecule has 320 valence electrons. The molecule has 15 nitrogen and oxygen atoms in total. The molecule has 0 bridgehead atoms. The van der Waals surface area contributed by atoms with Gasteiger partial charge in [-0.1, -0.05) is 36.4 Å². The fraction of sp³-hybridized carbons (Fsp3) is 0.523. The van der Waals surface area contributed by atoms with Crippen LogP contribution in [0.5, 0.6) is 5.75 Å². The van der Waals surface area contributed by atoms with E-state index in [2.05, 4.69) is 25.9 Å². The van der Waals surface area contributed by atoms with Crippen molar-refractivity contribution in [2.75, 3.05) is 19.7 Å². The molecule has 1 aromatic heterocycles. The van der Waals surface area contributed by atoms with E-state index >= 15 is 0 Å². The molecule has 3 aromatic rings. The van der Waals surface area contributed by atoms with Crippen molar-refractivity contribution in [2.24, 2.45) is 5.92 Å². The maximum atomic E-state index is 13.8. The number of rotatable bonds is 17. The SMILES string of the molecule is Cc1ccc(OCCC2CCCN(C(=O)OC(C)(C)C)C2)cc1CNC(=O)C(CCc1cnccn1)NC(=O)[C@H](CC(=O)OC(C)(C)C)NC(=O)OCc1ccccc1. The molecule has 4 rings (SSSR count). The number of ether oxygens (including phenoxy) is 4. The fourth-order valence-electron chi connectivity index (χ4n) is 6.33. The van der Waals surface area contributed by atoms with E-state index in [-0.39, 0.29) is 31.6 Å². The van der Waals surface area contributed by atoms with Gasteiger partial charge in [0, 0.05) is 38.2 Å². The summed E-state index contributed by atoms with van der Waals surface area (Å²) in [7, 11) is 0. The molecule has 0 spiro atoms. The number of aryl methyl sites for hydroxylation is 2. The summed E-state index contributed by atoms with van der Waals surface area (Å²) in [5.74, 6) is -1.05. The monoisotopic (exact) mass is 816 g/mol. The first-order chi connectivity index (χ1) is 27.9. The van der Waals surface area contributed by atoms with Gasteiger partial charge in [0.25, 0.3) is 0 Å². The molecule has 1 fully saturated rings. The van der Waals surface area contributed by atoms with Crippen molar-refractivity contribution in [3.63, 3.8) is 0 Å². The Hall–Kier alpha value is -5.73. The first-order valence-electron chi connectivity index (χ1n) is 20.2. The normalized spacial score (nSPS) is 15.2. The van der Waals surface area contributed by atoms with Crippen LogP contribution in [0.15, 0.2) is 67.1 Å². The van der Waals surface area contributed by atoms with Gasteiger partial charge in [-0.05, 0) is 115 Å². The Labute approximate surface area is 347 Å². The van der Waals surface area contributed by atoms with Crippen LogP contribution in [0.4, 0.5) is 9.59 Å². The van der Waals surface area contributed by atoms with Gasteiger partial charge in [0.1, 0.15) is 35.6 Å². The molecule has 59 heavy (non-hydrogen) atoms. The van der Waals surface area contributed by atoms with E-state index in [0.29, 0.717) is 37.6 Å². The van der Waals surface area contributed by atoms with Crippen LogP contribution in [0.3, 0.4) is 0 Å². The number of amides is 4. The summed E-state index contributed by atoms with van der Waals surface area (Å²) in [6, 6.07) is 12.2. The number of aromatic nitrogens is 2. The number of nitrogens with one attached hydrogen (secondary N) is 3. The molecule has 4 amide bonds. The van der Waals surface area contributed by atoms with Crippen molar-refractivity contribution in [3.8, 4) is 5.75 Å². The van der Waals surface area contributed by atoms with Crippen LogP contribution >= 0.6 is 0 Å². The van der Waals surface area contributed by atoms with Crippen molar-refractivity contribution in [3.05, 3.63) is 89.5 Å². The Morgan fingerprint density at radius 2 is 1.64 bits per heavy atom. The third kappa shape index (κ3) is 17.0. The fourth-order valence-corrected chi connectivity index (χ4v) is 6.33. The van der Waals surface area contributed by atoms with E-state index in [1.54, 1.807) is 56.1 Å². The zero-order chi connectivity index (χ0) is 43.0. The van der Waals surface area contributed by atoms with Gasteiger partial charge in [-0.3, -0.25) is 24.4 Å². The molecule has 0 radical (unpaired) electrons. The number of hydrogen-bond acceptors (Lipinski definition) is 11. The molecule has 3 atom stereocenters. The Balaban J connectivity index is 1.40. The van der Waals surface area contributed by atoms with E-state index < -0.39 is 53.6 Å². The highest BCUT2D eigenvalue weighted by Gasteiger charge is 2.31. The highest BCUT2D eigenvalue weighted by Crippen LogP contribution is 2.24. The summed E-state index contributed by atoms with van der Waals surface area (Å²) >= 11 is 0. The maximum Gasteiger partial charge on any atom is 0.410 e. The molecule has 2 heterocycles. The first kappa shape index (κ1) is 46.0.